The lowest BCUT2D eigenvalue weighted by Crippen LogP contribution is -2.38. The topological polar surface area (TPSA) is 34.1 Å². The van der Waals surface area contributed by atoms with Crippen molar-refractivity contribution in [1.82, 2.24) is 0 Å². The predicted molar refractivity (Wildman–Crippen MR) is 48.8 cm³/mol. The lowest BCUT2D eigenvalue weighted by Gasteiger charge is -2.34. The molecule has 0 radical (unpaired) electrons. The number of rotatable bonds is 0. The first-order chi connectivity index (χ1) is 5.70. The number of fused-ring (bicyclic) bond motifs is 1. The minimum atomic E-state index is -2.68. The summed E-state index contributed by atoms with van der Waals surface area (Å²) < 4.78 is 23.2. The molecule has 2 nitrogen and oxygen atoms in total. The zero-order valence-electron chi connectivity index (χ0n) is 7.33. The van der Waals surface area contributed by atoms with E-state index in [0.29, 0.717) is 11.7 Å². The Hall–Kier alpha value is -0.0500. The highest BCUT2D eigenvalue weighted by atomic mass is 32.2. The fraction of sp³-hybridized carbons (Fsp3) is 1.00. The molecule has 1 saturated heterocycles. The third kappa shape index (κ3) is 1.39. The van der Waals surface area contributed by atoms with E-state index in [1.54, 1.807) is 0 Å². The summed E-state index contributed by atoms with van der Waals surface area (Å²) in [6, 6.07) is 0. The maximum Gasteiger partial charge on any atom is 0.153 e. The van der Waals surface area contributed by atoms with Crippen LogP contribution in [0.25, 0.3) is 0 Å². The van der Waals surface area contributed by atoms with Gasteiger partial charge < -0.3 is 0 Å². The van der Waals surface area contributed by atoms with Crippen molar-refractivity contribution in [2.75, 3.05) is 5.75 Å². The highest BCUT2D eigenvalue weighted by Crippen LogP contribution is 2.36. The van der Waals surface area contributed by atoms with Crippen LogP contribution in [-0.2, 0) is 9.84 Å². The highest BCUT2D eigenvalue weighted by molar-refractivity contribution is 7.92. The highest BCUT2D eigenvalue weighted by Gasteiger charge is 2.37. The Kier molecular flexibility index (Phi) is 2.15. The molecule has 0 amide bonds. The van der Waals surface area contributed by atoms with Crippen LogP contribution in [0.15, 0.2) is 0 Å². The minimum Gasteiger partial charge on any atom is -0.229 e. The first-order valence-electron chi connectivity index (χ1n) is 4.92. The molecule has 0 bridgehead atoms. The Balaban J connectivity index is 2.20. The summed E-state index contributed by atoms with van der Waals surface area (Å²) >= 11 is 0. The normalized spacial score (nSPS) is 40.3. The van der Waals surface area contributed by atoms with Gasteiger partial charge in [-0.15, -0.1) is 0 Å². The van der Waals surface area contributed by atoms with Gasteiger partial charge in [-0.2, -0.15) is 0 Å². The maximum atomic E-state index is 11.6. The third-order valence-electron chi connectivity index (χ3n) is 3.30. The van der Waals surface area contributed by atoms with Crippen molar-refractivity contribution in [1.29, 1.82) is 0 Å². The fourth-order valence-electron chi connectivity index (χ4n) is 2.67. The van der Waals surface area contributed by atoms with Crippen LogP contribution in [0.2, 0.25) is 0 Å². The van der Waals surface area contributed by atoms with E-state index in [1.807, 2.05) is 0 Å². The molecule has 2 rings (SSSR count). The second kappa shape index (κ2) is 3.02. The molecule has 0 aromatic rings. The Morgan fingerprint density at radius 2 is 1.58 bits per heavy atom. The zero-order chi connectivity index (χ0) is 8.60. The van der Waals surface area contributed by atoms with Crippen LogP contribution in [0.1, 0.15) is 38.5 Å². The van der Waals surface area contributed by atoms with E-state index in [4.69, 9.17) is 0 Å². The first-order valence-corrected chi connectivity index (χ1v) is 6.63. The van der Waals surface area contributed by atoms with Crippen molar-refractivity contribution >= 4 is 9.84 Å². The molecular formula is C9H16O2S. The Morgan fingerprint density at radius 1 is 0.917 bits per heavy atom. The van der Waals surface area contributed by atoms with Crippen LogP contribution in [0, 0.1) is 5.92 Å². The van der Waals surface area contributed by atoms with E-state index in [2.05, 4.69) is 0 Å². The molecule has 2 fully saturated rings. The van der Waals surface area contributed by atoms with E-state index in [9.17, 15) is 8.42 Å². The van der Waals surface area contributed by atoms with Crippen molar-refractivity contribution < 1.29 is 8.42 Å². The summed E-state index contributed by atoms with van der Waals surface area (Å²) in [4.78, 5) is 0. The Bertz CT molecular complexity index is 254. The average molecular weight is 188 g/mol. The van der Waals surface area contributed by atoms with Gasteiger partial charge in [0.15, 0.2) is 9.84 Å². The van der Waals surface area contributed by atoms with Gasteiger partial charge in [0.25, 0.3) is 0 Å². The summed E-state index contributed by atoms with van der Waals surface area (Å²) in [6.07, 6.45) is 6.53. The van der Waals surface area contributed by atoms with Gasteiger partial charge >= 0.3 is 0 Å². The summed E-state index contributed by atoms with van der Waals surface area (Å²) in [5.41, 5.74) is 0. The molecule has 3 heteroatoms. The molecule has 0 aromatic carbocycles. The van der Waals surface area contributed by atoms with Gasteiger partial charge in [-0.1, -0.05) is 12.8 Å². The van der Waals surface area contributed by atoms with Crippen LogP contribution >= 0.6 is 0 Å². The quantitative estimate of drug-likeness (QED) is 0.580. The van der Waals surface area contributed by atoms with Gasteiger partial charge in [0, 0.05) is 0 Å². The smallest absolute Gasteiger partial charge is 0.153 e. The number of hydrogen-bond donors (Lipinski definition) is 0. The van der Waals surface area contributed by atoms with E-state index >= 15 is 0 Å². The van der Waals surface area contributed by atoms with E-state index in [-0.39, 0.29) is 5.25 Å². The van der Waals surface area contributed by atoms with Crippen molar-refractivity contribution in [3.63, 3.8) is 0 Å². The van der Waals surface area contributed by atoms with Crippen LogP contribution in [-0.4, -0.2) is 19.4 Å². The van der Waals surface area contributed by atoms with Crippen LogP contribution in [0.4, 0.5) is 0 Å². The number of sulfone groups is 1. The Labute approximate surface area is 74.3 Å². The molecule has 70 valence electrons. The third-order valence-corrected chi connectivity index (χ3v) is 5.71. The summed E-state index contributed by atoms with van der Waals surface area (Å²) in [7, 11) is -2.68. The molecule has 2 unspecified atom stereocenters. The minimum absolute atomic E-state index is 0.0417. The zero-order valence-corrected chi connectivity index (χ0v) is 8.15. The van der Waals surface area contributed by atoms with Crippen LogP contribution < -0.4 is 0 Å². The molecule has 1 aliphatic carbocycles. The lowest BCUT2D eigenvalue weighted by molar-refractivity contribution is 0.323. The molecule has 1 saturated carbocycles. The van der Waals surface area contributed by atoms with E-state index in [0.717, 1.165) is 32.1 Å². The SMILES string of the molecule is O=S1(=O)CCCC2CCCCC21. The van der Waals surface area contributed by atoms with Gasteiger partial charge in [0.2, 0.25) is 0 Å². The molecule has 0 spiro atoms. The van der Waals surface area contributed by atoms with Crippen molar-refractivity contribution in [3.05, 3.63) is 0 Å². The largest absolute Gasteiger partial charge is 0.229 e. The Morgan fingerprint density at radius 3 is 2.33 bits per heavy atom. The second-order valence-corrected chi connectivity index (χ2v) is 6.43. The molecule has 0 aromatic heterocycles. The lowest BCUT2D eigenvalue weighted by atomic mass is 9.85. The average Bonchev–Trinajstić information content (AvgIpc) is 2.04. The van der Waals surface area contributed by atoms with Gasteiger partial charge in [-0.05, 0) is 31.6 Å². The number of hydrogen-bond acceptors (Lipinski definition) is 2. The maximum absolute atomic E-state index is 11.6. The fourth-order valence-corrected chi connectivity index (χ4v) is 4.93. The van der Waals surface area contributed by atoms with Gasteiger partial charge in [-0.3, -0.25) is 0 Å². The standard InChI is InChI=1S/C9H16O2S/c10-12(11)7-3-5-8-4-1-2-6-9(8)12/h8-9H,1-7H2. The van der Waals surface area contributed by atoms with Crippen LogP contribution in [0.5, 0.6) is 0 Å². The van der Waals surface area contributed by atoms with Gasteiger partial charge in [0.1, 0.15) is 0 Å². The van der Waals surface area contributed by atoms with Gasteiger partial charge in [0.05, 0.1) is 11.0 Å². The van der Waals surface area contributed by atoms with E-state index in [1.165, 1.54) is 6.42 Å². The first kappa shape index (κ1) is 8.54. The van der Waals surface area contributed by atoms with Crippen molar-refractivity contribution in [2.45, 2.75) is 43.8 Å². The molecular weight excluding hydrogens is 172 g/mol. The van der Waals surface area contributed by atoms with Crippen molar-refractivity contribution in [2.24, 2.45) is 5.92 Å². The molecule has 0 N–H and O–H groups in total. The molecule has 2 atom stereocenters. The molecule has 1 heterocycles. The summed E-state index contributed by atoms with van der Waals surface area (Å²) in [6.45, 7) is 0. The summed E-state index contributed by atoms with van der Waals surface area (Å²) in [5.74, 6) is 0.964. The van der Waals surface area contributed by atoms with Crippen molar-refractivity contribution in [3.8, 4) is 0 Å². The van der Waals surface area contributed by atoms with Crippen LogP contribution in [0.3, 0.4) is 0 Å². The molecule has 2 aliphatic rings. The molecule has 1 aliphatic heterocycles. The van der Waals surface area contributed by atoms with E-state index < -0.39 is 9.84 Å². The van der Waals surface area contributed by atoms with Gasteiger partial charge in [-0.25, -0.2) is 8.42 Å². The summed E-state index contributed by atoms with van der Waals surface area (Å²) in [5, 5.41) is 0.0417. The molecule has 12 heavy (non-hydrogen) atoms. The monoisotopic (exact) mass is 188 g/mol. The second-order valence-electron chi connectivity index (χ2n) is 4.09. The predicted octanol–water partition coefficient (Wildman–Crippen LogP) is 1.75.